The molecule has 2 amide bonds. The summed E-state index contributed by atoms with van der Waals surface area (Å²) < 4.78 is 0. The molecule has 1 fully saturated rings. The maximum atomic E-state index is 12.1. The van der Waals surface area contributed by atoms with Crippen LogP contribution >= 0.6 is 0 Å². The second kappa shape index (κ2) is 5.79. The third-order valence-electron chi connectivity index (χ3n) is 3.59. The van der Waals surface area contributed by atoms with Crippen molar-refractivity contribution in [3.05, 3.63) is 54.6 Å². The fourth-order valence-corrected chi connectivity index (χ4v) is 2.44. The predicted octanol–water partition coefficient (Wildman–Crippen LogP) is 2.43. The lowest BCUT2D eigenvalue weighted by Gasteiger charge is -2.10. The van der Waals surface area contributed by atoms with Crippen LogP contribution in [-0.2, 0) is 9.59 Å². The Morgan fingerprint density at radius 1 is 1.05 bits per heavy atom. The lowest BCUT2D eigenvalue weighted by molar-refractivity contribution is -0.123. The predicted molar refractivity (Wildman–Crippen MR) is 81.6 cm³/mol. The van der Waals surface area contributed by atoms with Crippen molar-refractivity contribution in [2.24, 2.45) is 5.92 Å². The third kappa shape index (κ3) is 3.11. The quantitative estimate of drug-likeness (QED) is 0.907. The zero-order valence-electron chi connectivity index (χ0n) is 11.5. The maximum Gasteiger partial charge on any atom is 0.229 e. The average Bonchev–Trinajstić information content (AvgIpc) is 2.95. The molecule has 0 spiro atoms. The number of hydrogen-bond acceptors (Lipinski definition) is 2. The molecule has 2 aromatic carbocycles. The molecule has 1 atom stereocenters. The standard InChI is InChI=1S/C17H16N2O2/c20-16-10-14(11-18-16)17(21)19-15-8-4-7-13(9-15)12-5-2-1-3-6-12/h1-9,14H,10-11H2,(H,18,20)(H,19,21)/t14-/m0/s1. The highest BCUT2D eigenvalue weighted by Gasteiger charge is 2.27. The van der Waals surface area contributed by atoms with Crippen LogP contribution in [0.4, 0.5) is 5.69 Å². The molecule has 2 aromatic rings. The molecule has 4 nitrogen and oxygen atoms in total. The zero-order valence-corrected chi connectivity index (χ0v) is 11.5. The van der Waals surface area contributed by atoms with Gasteiger partial charge in [-0.25, -0.2) is 0 Å². The molecule has 0 radical (unpaired) electrons. The molecule has 4 heteroatoms. The van der Waals surface area contributed by atoms with Crippen LogP contribution < -0.4 is 10.6 Å². The van der Waals surface area contributed by atoms with E-state index >= 15 is 0 Å². The first-order chi connectivity index (χ1) is 10.2. The van der Waals surface area contributed by atoms with Gasteiger partial charge in [0, 0.05) is 18.7 Å². The number of amides is 2. The second-order valence-corrected chi connectivity index (χ2v) is 5.14. The van der Waals surface area contributed by atoms with Gasteiger partial charge in [-0.3, -0.25) is 9.59 Å². The minimum absolute atomic E-state index is 0.0619. The topological polar surface area (TPSA) is 58.2 Å². The van der Waals surface area contributed by atoms with E-state index in [0.717, 1.165) is 16.8 Å². The summed E-state index contributed by atoms with van der Waals surface area (Å²) >= 11 is 0. The van der Waals surface area contributed by atoms with E-state index in [4.69, 9.17) is 0 Å². The number of nitrogens with one attached hydrogen (secondary N) is 2. The lowest BCUT2D eigenvalue weighted by atomic mass is 10.0. The monoisotopic (exact) mass is 280 g/mol. The van der Waals surface area contributed by atoms with E-state index in [-0.39, 0.29) is 24.2 Å². The smallest absolute Gasteiger partial charge is 0.229 e. The van der Waals surface area contributed by atoms with Gasteiger partial charge >= 0.3 is 0 Å². The molecule has 0 saturated carbocycles. The van der Waals surface area contributed by atoms with Crippen molar-refractivity contribution < 1.29 is 9.59 Å². The Labute approximate surface area is 123 Å². The molecular weight excluding hydrogens is 264 g/mol. The summed E-state index contributed by atoms with van der Waals surface area (Å²) in [6, 6.07) is 17.7. The van der Waals surface area contributed by atoms with Crippen molar-refractivity contribution in [3.63, 3.8) is 0 Å². The fraction of sp³-hybridized carbons (Fsp3) is 0.176. The Balaban J connectivity index is 1.75. The van der Waals surface area contributed by atoms with Gasteiger partial charge in [0.1, 0.15) is 0 Å². The summed E-state index contributed by atoms with van der Waals surface area (Å²) in [5.74, 6) is -0.454. The van der Waals surface area contributed by atoms with E-state index in [1.165, 1.54) is 0 Å². The zero-order chi connectivity index (χ0) is 14.7. The summed E-state index contributed by atoms with van der Waals surface area (Å²) in [4.78, 5) is 23.3. The van der Waals surface area contributed by atoms with Crippen LogP contribution in [0, 0.1) is 5.92 Å². The molecule has 0 unspecified atom stereocenters. The molecule has 0 aliphatic carbocycles. The average molecular weight is 280 g/mol. The highest BCUT2D eigenvalue weighted by atomic mass is 16.2. The number of anilines is 1. The third-order valence-corrected chi connectivity index (χ3v) is 3.59. The van der Waals surface area contributed by atoms with Crippen molar-refractivity contribution in [1.82, 2.24) is 5.32 Å². The van der Waals surface area contributed by atoms with Gasteiger partial charge in [0.25, 0.3) is 0 Å². The van der Waals surface area contributed by atoms with Crippen molar-refractivity contribution >= 4 is 17.5 Å². The number of benzene rings is 2. The first-order valence-corrected chi connectivity index (χ1v) is 6.95. The van der Waals surface area contributed by atoms with Crippen LogP contribution in [-0.4, -0.2) is 18.4 Å². The van der Waals surface area contributed by atoms with Gasteiger partial charge < -0.3 is 10.6 Å². The summed E-state index contributed by atoms with van der Waals surface area (Å²) in [5.41, 5.74) is 2.90. The van der Waals surface area contributed by atoms with Crippen LogP contribution in [0.15, 0.2) is 54.6 Å². The van der Waals surface area contributed by atoms with Crippen molar-refractivity contribution in [1.29, 1.82) is 0 Å². The molecule has 0 bridgehead atoms. The van der Waals surface area contributed by atoms with Gasteiger partial charge in [0.2, 0.25) is 11.8 Å². The SMILES string of the molecule is O=C1C[C@H](C(=O)Nc2cccc(-c3ccccc3)c2)CN1. The largest absolute Gasteiger partial charge is 0.355 e. The van der Waals surface area contributed by atoms with E-state index in [1.54, 1.807) is 0 Å². The van der Waals surface area contributed by atoms with Gasteiger partial charge in [-0.2, -0.15) is 0 Å². The summed E-state index contributed by atoms with van der Waals surface area (Å²) in [6.07, 6.45) is 0.268. The van der Waals surface area contributed by atoms with Crippen LogP contribution in [0.5, 0.6) is 0 Å². The minimum Gasteiger partial charge on any atom is -0.355 e. The Bertz CT molecular complexity index is 668. The van der Waals surface area contributed by atoms with Gasteiger partial charge in [0.15, 0.2) is 0 Å². The van der Waals surface area contributed by atoms with Crippen molar-refractivity contribution in [2.45, 2.75) is 6.42 Å². The van der Waals surface area contributed by atoms with E-state index in [2.05, 4.69) is 10.6 Å². The van der Waals surface area contributed by atoms with Gasteiger partial charge in [-0.15, -0.1) is 0 Å². The number of hydrogen-bond donors (Lipinski definition) is 2. The first-order valence-electron chi connectivity index (χ1n) is 6.95. The highest BCUT2D eigenvalue weighted by Crippen LogP contribution is 2.23. The molecule has 1 heterocycles. The number of carbonyl (C=O) groups is 2. The van der Waals surface area contributed by atoms with E-state index in [0.29, 0.717) is 6.54 Å². The molecule has 3 rings (SSSR count). The van der Waals surface area contributed by atoms with Gasteiger partial charge in [-0.05, 0) is 23.3 Å². The fourth-order valence-electron chi connectivity index (χ4n) is 2.44. The molecule has 21 heavy (non-hydrogen) atoms. The maximum absolute atomic E-state index is 12.1. The van der Waals surface area contributed by atoms with Gasteiger partial charge in [-0.1, -0.05) is 42.5 Å². The summed E-state index contributed by atoms with van der Waals surface area (Å²) in [7, 11) is 0. The van der Waals surface area contributed by atoms with Crippen LogP contribution in [0.25, 0.3) is 11.1 Å². The minimum atomic E-state index is -0.280. The summed E-state index contributed by atoms with van der Waals surface area (Å²) in [5, 5.41) is 5.56. The molecule has 1 aliphatic rings. The normalized spacial score (nSPS) is 17.3. The molecule has 2 N–H and O–H groups in total. The molecule has 1 saturated heterocycles. The Hall–Kier alpha value is -2.62. The van der Waals surface area contributed by atoms with Crippen LogP contribution in [0.1, 0.15) is 6.42 Å². The molecule has 106 valence electrons. The highest BCUT2D eigenvalue weighted by molar-refractivity contribution is 5.97. The Morgan fingerprint density at radius 2 is 1.81 bits per heavy atom. The van der Waals surface area contributed by atoms with E-state index in [9.17, 15) is 9.59 Å². The first kappa shape index (κ1) is 13.4. The number of carbonyl (C=O) groups excluding carboxylic acids is 2. The van der Waals surface area contributed by atoms with Crippen molar-refractivity contribution in [2.75, 3.05) is 11.9 Å². The Morgan fingerprint density at radius 3 is 2.52 bits per heavy atom. The lowest BCUT2D eigenvalue weighted by Crippen LogP contribution is -2.24. The van der Waals surface area contributed by atoms with E-state index < -0.39 is 0 Å². The van der Waals surface area contributed by atoms with Gasteiger partial charge in [0.05, 0.1) is 5.92 Å². The molecule has 1 aliphatic heterocycles. The van der Waals surface area contributed by atoms with E-state index in [1.807, 2.05) is 54.6 Å². The van der Waals surface area contributed by atoms with Crippen molar-refractivity contribution in [3.8, 4) is 11.1 Å². The molecular formula is C17H16N2O2. The second-order valence-electron chi connectivity index (χ2n) is 5.14. The summed E-state index contributed by atoms with van der Waals surface area (Å²) in [6.45, 7) is 0.420. The Kier molecular flexibility index (Phi) is 3.69. The van der Waals surface area contributed by atoms with Crippen LogP contribution in [0.3, 0.4) is 0 Å². The van der Waals surface area contributed by atoms with Crippen LogP contribution in [0.2, 0.25) is 0 Å². The molecule has 0 aromatic heterocycles. The number of rotatable bonds is 3.